The number of carboxylic acid groups (broad SMARTS) is 1. The summed E-state index contributed by atoms with van der Waals surface area (Å²) in [4.78, 5) is 41.3. The van der Waals surface area contributed by atoms with Crippen molar-refractivity contribution in [3.8, 4) is 0 Å². The molecular weight excluding hydrogens is 336 g/mol. The van der Waals surface area contributed by atoms with Crippen LogP contribution < -0.4 is 15.8 Å². The van der Waals surface area contributed by atoms with Gasteiger partial charge in [0.2, 0.25) is 5.91 Å². The van der Waals surface area contributed by atoms with Crippen molar-refractivity contribution < 1.29 is 14.7 Å². The molecule has 2 aromatic rings. The number of hydrogen-bond acceptors (Lipinski definition) is 5. The number of carboxylic acids is 1. The molecule has 2 aromatic heterocycles. The number of nitrogens with zero attached hydrogens (tertiary/aromatic N) is 3. The lowest BCUT2D eigenvalue weighted by Gasteiger charge is -2.33. The van der Waals surface area contributed by atoms with Crippen LogP contribution in [0.4, 0.5) is 11.4 Å². The van der Waals surface area contributed by atoms with E-state index in [0.29, 0.717) is 12.2 Å². The highest BCUT2D eigenvalue weighted by molar-refractivity contribution is 5.92. The van der Waals surface area contributed by atoms with Crippen molar-refractivity contribution in [3.05, 3.63) is 53.2 Å². The van der Waals surface area contributed by atoms with Crippen LogP contribution in [0.25, 0.3) is 0 Å². The third-order valence-electron chi connectivity index (χ3n) is 4.36. The van der Waals surface area contributed by atoms with E-state index in [4.69, 9.17) is 5.11 Å². The van der Waals surface area contributed by atoms with Gasteiger partial charge < -0.3 is 19.9 Å². The smallest absolute Gasteiger partial charge is 0.323 e. The van der Waals surface area contributed by atoms with Crippen LogP contribution >= 0.6 is 0 Å². The van der Waals surface area contributed by atoms with E-state index in [1.807, 2.05) is 12.1 Å². The molecule has 1 unspecified atom stereocenters. The number of aliphatic carboxylic acids is 1. The molecule has 3 rings (SSSR count). The minimum atomic E-state index is -1.12. The molecule has 2 N–H and O–H groups in total. The lowest BCUT2D eigenvalue weighted by Crippen LogP contribution is -2.40. The van der Waals surface area contributed by atoms with Gasteiger partial charge in [0.1, 0.15) is 6.54 Å². The van der Waals surface area contributed by atoms with E-state index in [2.05, 4.69) is 15.2 Å². The summed E-state index contributed by atoms with van der Waals surface area (Å²) in [5, 5.41) is 11.6. The lowest BCUT2D eigenvalue weighted by molar-refractivity contribution is -0.137. The SMILES string of the molecule is O=C(O)Cn1cc(NC(=O)C2CCCN(c3cccnc3)C2)ccc1=O. The fraction of sp³-hybridized carbons (Fsp3) is 0.333. The van der Waals surface area contributed by atoms with Crippen molar-refractivity contribution in [2.75, 3.05) is 23.3 Å². The van der Waals surface area contributed by atoms with Crippen molar-refractivity contribution in [1.82, 2.24) is 9.55 Å². The molecule has 26 heavy (non-hydrogen) atoms. The molecule has 8 heteroatoms. The minimum Gasteiger partial charge on any atom is -0.480 e. The Morgan fingerprint density at radius 3 is 2.88 bits per heavy atom. The van der Waals surface area contributed by atoms with Gasteiger partial charge in [-0.05, 0) is 31.0 Å². The summed E-state index contributed by atoms with van der Waals surface area (Å²) >= 11 is 0. The third kappa shape index (κ3) is 4.27. The van der Waals surface area contributed by atoms with Gasteiger partial charge in [0, 0.05) is 31.5 Å². The molecule has 1 amide bonds. The van der Waals surface area contributed by atoms with Crippen molar-refractivity contribution in [1.29, 1.82) is 0 Å². The van der Waals surface area contributed by atoms with Crippen LogP contribution in [-0.2, 0) is 16.1 Å². The van der Waals surface area contributed by atoms with Gasteiger partial charge >= 0.3 is 5.97 Å². The largest absolute Gasteiger partial charge is 0.480 e. The number of carbonyl (C=O) groups excluding carboxylic acids is 1. The topological polar surface area (TPSA) is 105 Å². The van der Waals surface area contributed by atoms with Gasteiger partial charge in [0.25, 0.3) is 5.56 Å². The molecule has 0 bridgehead atoms. The van der Waals surface area contributed by atoms with Crippen LogP contribution in [0, 0.1) is 5.92 Å². The molecule has 1 aliphatic rings. The Bertz CT molecular complexity index is 850. The van der Waals surface area contributed by atoms with Gasteiger partial charge in [-0.15, -0.1) is 0 Å². The fourth-order valence-electron chi connectivity index (χ4n) is 3.09. The first-order valence-corrected chi connectivity index (χ1v) is 8.41. The minimum absolute atomic E-state index is 0.140. The van der Waals surface area contributed by atoms with Crippen LogP contribution in [0.1, 0.15) is 12.8 Å². The number of anilines is 2. The predicted molar refractivity (Wildman–Crippen MR) is 96.1 cm³/mol. The first-order valence-electron chi connectivity index (χ1n) is 8.41. The molecule has 0 spiro atoms. The van der Waals surface area contributed by atoms with Crippen molar-refractivity contribution in [2.45, 2.75) is 19.4 Å². The number of piperidine rings is 1. The summed E-state index contributed by atoms with van der Waals surface area (Å²) in [6.45, 7) is 1.02. The Hall–Kier alpha value is -3.16. The Morgan fingerprint density at radius 2 is 2.15 bits per heavy atom. The highest BCUT2D eigenvalue weighted by atomic mass is 16.4. The quantitative estimate of drug-likeness (QED) is 0.834. The van der Waals surface area contributed by atoms with Crippen LogP contribution in [0.5, 0.6) is 0 Å². The summed E-state index contributed by atoms with van der Waals surface area (Å²) in [5.41, 5.74) is 0.972. The molecule has 1 atom stereocenters. The zero-order valence-corrected chi connectivity index (χ0v) is 14.2. The first kappa shape index (κ1) is 17.7. The maximum absolute atomic E-state index is 12.6. The molecule has 0 radical (unpaired) electrons. The lowest BCUT2D eigenvalue weighted by atomic mass is 9.96. The standard InChI is InChI=1S/C18H20N4O4/c23-16-6-5-14(11-22(16)12-17(24)25)20-18(26)13-3-2-8-21(10-13)15-4-1-7-19-9-15/h1,4-7,9,11,13H,2-3,8,10,12H2,(H,20,26)(H,24,25). The predicted octanol–water partition coefficient (Wildman–Crippen LogP) is 1.18. The van der Waals surface area contributed by atoms with E-state index in [1.165, 1.54) is 18.3 Å². The number of hydrogen-bond donors (Lipinski definition) is 2. The molecule has 3 heterocycles. The summed E-state index contributed by atoms with van der Waals surface area (Å²) in [6, 6.07) is 6.57. The van der Waals surface area contributed by atoms with Gasteiger partial charge in [0.15, 0.2) is 0 Å². The second kappa shape index (κ2) is 7.81. The molecule has 0 aliphatic carbocycles. The number of pyridine rings is 2. The second-order valence-corrected chi connectivity index (χ2v) is 6.26. The Kier molecular flexibility index (Phi) is 5.31. The zero-order chi connectivity index (χ0) is 18.5. The van der Waals surface area contributed by atoms with Gasteiger partial charge in [-0.2, -0.15) is 0 Å². The number of nitrogens with one attached hydrogen (secondary N) is 1. The third-order valence-corrected chi connectivity index (χ3v) is 4.36. The number of rotatable bonds is 5. The average molecular weight is 356 g/mol. The van der Waals surface area contributed by atoms with Crippen LogP contribution in [-0.4, -0.2) is 39.6 Å². The number of carbonyl (C=O) groups is 2. The maximum atomic E-state index is 12.6. The Morgan fingerprint density at radius 1 is 1.31 bits per heavy atom. The molecule has 0 saturated carbocycles. The van der Waals surface area contributed by atoms with Crippen molar-refractivity contribution >= 4 is 23.3 Å². The van der Waals surface area contributed by atoms with Gasteiger partial charge in [-0.1, -0.05) is 0 Å². The number of amides is 1. The van der Waals surface area contributed by atoms with E-state index >= 15 is 0 Å². The van der Waals surface area contributed by atoms with Gasteiger partial charge in [0.05, 0.1) is 23.5 Å². The van der Waals surface area contributed by atoms with Crippen LogP contribution in [0.3, 0.4) is 0 Å². The van der Waals surface area contributed by atoms with E-state index in [-0.39, 0.29) is 11.8 Å². The van der Waals surface area contributed by atoms with Crippen LogP contribution in [0.2, 0.25) is 0 Å². The summed E-state index contributed by atoms with van der Waals surface area (Å²) < 4.78 is 1.06. The van der Waals surface area contributed by atoms with Gasteiger partial charge in [-0.25, -0.2) is 0 Å². The highest BCUT2D eigenvalue weighted by Gasteiger charge is 2.26. The van der Waals surface area contributed by atoms with Gasteiger partial charge in [-0.3, -0.25) is 19.4 Å². The molecule has 1 aliphatic heterocycles. The monoisotopic (exact) mass is 356 g/mol. The zero-order valence-electron chi connectivity index (χ0n) is 14.2. The summed E-state index contributed by atoms with van der Waals surface area (Å²) in [7, 11) is 0. The van der Waals surface area contributed by atoms with E-state index in [0.717, 1.165) is 29.6 Å². The number of aromatic nitrogens is 2. The normalized spacial score (nSPS) is 16.9. The molecule has 136 valence electrons. The molecule has 1 saturated heterocycles. The van der Waals surface area contributed by atoms with Crippen molar-refractivity contribution in [2.24, 2.45) is 5.92 Å². The summed E-state index contributed by atoms with van der Waals surface area (Å²) in [6.07, 6.45) is 6.52. The van der Waals surface area contributed by atoms with E-state index < -0.39 is 18.1 Å². The Labute approximate surface area is 150 Å². The van der Waals surface area contributed by atoms with E-state index in [1.54, 1.807) is 12.4 Å². The highest BCUT2D eigenvalue weighted by Crippen LogP contribution is 2.23. The molecule has 0 aromatic carbocycles. The molecule has 8 nitrogen and oxygen atoms in total. The fourth-order valence-corrected chi connectivity index (χ4v) is 3.09. The average Bonchev–Trinajstić information content (AvgIpc) is 2.65. The van der Waals surface area contributed by atoms with E-state index in [9.17, 15) is 14.4 Å². The van der Waals surface area contributed by atoms with Crippen molar-refractivity contribution in [3.63, 3.8) is 0 Å². The first-order chi connectivity index (χ1) is 12.5. The summed E-state index contributed by atoms with van der Waals surface area (Å²) in [5.74, 6) is -1.45. The molecular formula is C18H20N4O4. The second-order valence-electron chi connectivity index (χ2n) is 6.26. The Balaban J connectivity index is 1.68. The van der Waals surface area contributed by atoms with Crippen LogP contribution in [0.15, 0.2) is 47.7 Å². The molecule has 1 fully saturated rings. The maximum Gasteiger partial charge on any atom is 0.323 e.